The van der Waals surface area contributed by atoms with E-state index < -0.39 is 6.10 Å². The molecule has 0 saturated carbocycles. The van der Waals surface area contributed by atoms with Crippen LogP contribution in [-0.2, 0) is 11.2 Å². The number of aromatic hydroxyl groups is 1. The van der Waals surface area contributed by atoms with Gasteiger partial charge in [-0.3, -0.25) is 4.79 Å². The zero-order valence-corrected chi connectivity index (χ0v) is 12.5. The van der Waals surface area contributed by atoms with Crippen molar-refractivity contribution in [3.63, 3.8) is 0 Å². The van der Waals surface area contributed by atoms with Gasteiger partial charge in [-0.25, -0.2) is 0 Å². The third kappa shape index (κ3) is 4.33. The van der Waals surface area contributed by atoms with Gasteiger partial charge >= 0.3 is 0 Å². The fourth-order valence-corrected chi connectivity index (χ4v) is 2.27. The molecule has 4 nitrogen and oxygen atoms in total. The number of aliphatic hydroxyl groups excluding tert-OH is 1. The Bertz CT molecular complexity index is 622. The van der Waals surface area contributed by atoms with Crippen molar-refractivity contribution in [2.24, 2.45) is 0 Å². The number of ether oxygens (including phenoxy) is 1. The Labute approximate surface area is 130 Å². The van der Waals surface area contributed by atoms with Gasteiger partial charge in [0.15, 0.2) is 11.5 Å². The van der Waals surface area contributed by atoms with E-state index in [1.807, 2.05) is 30.3 Å². The van der Waals surface area contributed by atoms with Gasteiger partial charge in [-0.05, 0) is 29.7 Å². The Morgan fingerprint density at radius 2 is 1.91 bits per heavy atom. The van der Waals surface area contributed by atoms with Crippen LogP contribution >= 0.6 is 0 Å². The first kappa shape index (κ1) is 16.0. The SMILES string of the molecule is COc1cc(CCC(=O)CC(O)c2ccccc2)ccc1O. The lowest BCUT2D eigenvalue weighted by Crippen LogP contribution is -2.07. The summed E-state index contributed by atoms with van der Waals surface area (Å²) in [6, 6.07) is 14.2. The van der Waals surface area contributed by atoms with Crippen LogP contribution in [0.2, 0.25) is 0 Å². The third-order valence-electron chi connectivity index (χ3n) is 3.54. The molecule has 0 spiro atoms. The van der Waals surface area contributed by atoms with Crippen LogP contribution in [0, 0.1) is 0 Å². The number of aliphatic hydroxyl groups is 1. The molecule has 4 heteroatoms. The smallest absolute Gasteiger partial charge is 0.160 e. The largest absolute Gasteiger partial charge is 0.504 e. The van der Waals surface area contributed by atoms with E-state index in [4.69, 9.17) is 4.74 Å². The van der Waals surface area contributed by atoms with Gasteiger partial charge in [0, 0.05) is 12.8 Å². The Hall–Kier alpha value is -2.33. The van der Waals surface area contributed by atoms with Crippen molar-refractivity contribution in [1.29, 1.82) is 0 Å². The second-order valence-electron chi connectivity index (χ2n) is 5.18. The fraction of sp³-hybridized carbons (Fsp3) is 0.278. The minimum atomic E-state index is -0.761. The average molecular weight is 300 g/mol. The maximum Gasteiger partial charge on any atom is 0.160 e. The van der Waals surface area contributed by atoms with Crippen molar-refractivity contribution in [2.75, 3.05) is 7.11 Å². The van der Waals surface area contributed by atoms with Crippen molar-refractivity contribution in [3.8, 4) is 11.5 Å². The molecule has 0 aliphatic carbocycles. The molecular weight excluding hydrogens is 280 g/mol. The Morgan fingerprint density at radius 3 is 2.59 bits per heavy atom. The van der Waals surface area contributed by atoms with Crippen LogP contribution in [0.4, 0.5) is 0 Å². The number of carbonyl (C=O) groups excluding carboxylic acids is 1. The number of benzene rings is 2. The van der Waals surface area contributed by atoms with Crippen molar-refractivity contribution in [1.82, 2.24) is 0 Å². The van der Waals surface area contributed by atoms with Crippen LogP contribution in [0.5, 0.6) is 11.5 Å². The van der Waals surface area contributed by atoms with Crippen molar-refractivity contribution in [2.45, 2.75) is 25.4 Å². The van der Waals surface area contributed by atoms with Gasteiger partial charge in [0.25, 0.3) is 0 Å². The van der Waals surface area contributed by atoms with E-state index in [9.17, 15) is 15.0 Å². The molecule has 0 aliphatic rings. The van der Waals surface area contributed by atoms with Crippen molar-refractivity contribution >= 4 is 5.78 Å². The minimum absolute atomic E-state index is 0.00314. The van der Waals surface area contributed by atoms with E-state index in [0.29, 0.717) is 18.6 Å². The number of methoxy groups -OCH3 is 1. The van der Waals surface area contributed by atoms with Crippen LogP contribution in [0.15, 0.2) is 48.5 Å². The molecule has 0 saturated heterocycles. The predicted octanol–water partition coefficient (Wildman–Crippen LogP) is 3.03. The van der Waals surface area contributed by atoms with Gasteiger partial charge in [0.05, 0.1) is 13.2 Å². The highest BCUT2D eigenvalue weighted by atomic mass is 16.5. The zero-order chi connectivity index (χ0) is 15.9. The summed E-state index contributed by atoms with van der Waals surface area (Å²) < 4.78 is 5.04. The topological polar surface area (TPSA) is 66.8 Å². The Balaban J connectivity index is 1.88. The molecule has 2 rings (SSSR count). The summed E-state index contributed by atoms with van der Waals surface area (Å²) in [6.45, 7) is 0. The molecule has 0 amide bonds. The predicted molar refractivity (Wildman–Crippen MR) is 84.0 cm³/mol. The third-order valence-corrected chi connectivity index (χ3v) is 3.54. The number of carbonyl (C=O) groups is 1. The second-order valence-corrected chi connectivity index (χ2v) is 5.18. The molecule has 22 heavy (non-hydrogen) atoms. The summed E-state index contributed by atoms with van der Waals surface area (Å²) in [4.78, 5) is 12.0. The highest BCUT2D eigenvalue weighted by Crippen LogP contribution is 2.27. The molecule has 2 aromatic carbocycles. The van der Waals surface area contributed by atoms with E-state index in [1.54, 1.807) is 18.2 Å². The molecule has 0 heterocycles. The van der Waals surface area contributed by atoms with Gasteiger partial charge in [-0.2, -0.15) is 0 Å². The van der Waals surface area contributed by atoms with E-state index in [-0.39, 0.29) is 18.0 Å². The highest BCUT2D eigenvalue weighted by molar-refractivity contribution is 5.79. The molecule has 1 unspecified atom stereocenters. The molecule has 0 aliphatic heterocycles. The van der Waals surface area contributed by atoms with E-state index in [2.05, 4.69) is 0 Å². The van der Waals surface area contributed by atoms with E-state index in [1.165, 1.54) is 7.11 Å². The van der Waals surface area contributed by atoms with E-state index in [0.717, 1.165) is 11.1 Å². The fourth-order valence-electron chi connectivity index (χ4n) is 2.27. The molecule has 2 N–H and O–H groups in total. The monoisotopic (exact) mass is 300 g/mol. The molecule has 0 fully saturated rings. The van der Waals surface area contributed by atoms with E-state index >= 15 is 0 Å². The zero-order valence-electron chi connectivity index (χ0n) is 12.5. The number of aryl methyl sites for hydroxylation is 1. The first-order chi connectivity index (χ1) is 10.6. The summed E-state index contributed by atoms with van der Waals surface area (Å²) >= 11 is 0. The summed E-state index contributed by atoms with van der Waals surface area (Å²) in [5.41, 5.74) is 1.67. The number of phenols is 1. The molecule has 0 radical (unpaired) electrons. The number of phenolic OH excluding ortho intramolecular Hbond substituents is 1. The maximum atomic E-state index is 12.0. The molecule has 0 bridgehead atoms. The number of rotatable bonds is 7. The number of ketones is 1. The minimum Gasteiger partial charge on any atom is -0.504 e. The standard InChI is InChI=1S/C18H20O4/c1-22-18-11-13(8-10-16(18)20)7-9-15(19)12-17(21)14-5-3-2-4-6-14/h2-6,8,10-11,17,20-21H,7,9,12H2,1H3. The molecule has 2 aromatic rings. The van der Waals surface area contributed by atoms with Gasteiger partial charge < -0.3 is 14.9 Å². The van der Waals surface area contributed by atoms with Gasteiger partial charge in [-0.15, -0.1) is 0 Å². The van der Waals surface area contributed by atoms with Crippen molar-refractivity contribution in [3.05, 3.63) is 59.7 Å². The summed E-state index contributed by atoms with van der Waals surface area (Å²) in [6.07, 6.45) is 0.247. The van der Waals surface area contributed by atoms with Gasteiger partial charge in [-0.1, -0.05) is 36.4 Å². The summed E-state index contributed by atoms with van der Waals surface area (Å²) in [5, 5.41) is 19.6. The number of Topliss-reactive ketones (excluding diaryl/α,β-unsaturated/α-hetero) is 1. The van der Waals surface area contributed by atoms with Gasteiger partial charge in [0.2, 0.25) is 0 Å². The van der Waals surface area contributed by atoms with Crippen LogP contribution in [0.3, 0.4) is 0 Å². The first-order valence-electron chi connectivity index (χ1n) is 7.20. The van der Waals surface area contributed by atoms with Crippen LogP contribution in [0.25, 0.3) is 0 Å². The van der Waals surface area contributed by atoms with Crippen molar-refractivity contribution < 1.29 is 19.7 Å². The quantitative estimate of drug-likeness (QED) is 0.825. The Kier molecular flexibility index (Phi) is 5.55. The van der Waals surface area contributed by atoms with Crippen LogP contribution in [0.1, 0.15) is 30.1 Å². The van der Waals surface area contributed by atoms with Crippen LogP contribution in [-0.4, -0.2) is 23.1 Å². The molecule has 116 valence electrons. The maximum absolute atomic E-state index is 12.0. The lowest BCUT2D eigenvalue weighted by Gasteiger charge is -2.10. The first-order valence-corrected chi connectivity index (χ1v) is 7.20. The highest BCUT2D eigenvalue weighted by Gasteiger charge is 2.13. The Morgan fingerprint density at radius 1 is 1.18 bits per heavy atom. The average Bonchev–Trinajstić information content (AvgIpc) is 2.55. The number of hydrogen-bond acceptors (Lipinski definition) is 4. The van der Waals surface area contributed by atoms with Crippen LogP contribution < -0.4 is 4.74 Å². The number of hydrogen-bond donors (Lipinski definition) is 2. The lowest BCUT2D eigenvalue weighted by atomic mass is 10.00. The normalized spacial score (nSPS) is 11.9. The molecule has 1 atom stereocenters. The molecule has 0 aromatic heterocycles. The summed E-state index contributed by atoms with van der Waals surface area (Å²) in [5.74, 6) is 0.481. The lowest BCUT2D eigenvalue weighted by molar-refractivity contribution is -0.121. The summed E-state index contributed by atoms with van der Waals surface area (Å²) in [7, 11) is 1.49. The second kappa shape index (κ2) is 7.61. The van der Waals surface area contributed by atoms with Gasteiger partial charge in [0.1, 0.15) is 5.78 Å². The molecular formula is C18H20O4.